The summed E-state index contributed by atoms with van der Waals surface area (Å²) in [5.74, 6) is 0.761. The van der Waals surface area contributed by atoms with Crippen LogP contribution < -0.4 is 25.2 Å². The van der Waals surface area contributed by atoms with Crippen LogP contribution in [0.1, 0.15) is 11.1 Å². The van der Waals surface area contributed by atoms with Gasteiger partial charge in [-0.1, -0.05) is 18.2 Å². The Hall–Kier alpha value is -3.55. The molecule has 0 heterocycles. The van der Waals surface area contributed by atoms with Crippen LogP contribution in [0.25, 0.3) is 0 Å². The van der Waals surface area contributed by atoms with Crippen LogP contribution in [0.3, 0.4) is 0 Å². The molecule has 0 atom stereocenters. The van der Waals surface area contributed by atoms with Crippen LogP contribution in [-0.4, -0.2) is 41.6 Å². The number of hydrogen-bond donors (Lipinski definition) is 3. The number of carbonyl (C=O) groups is 1. The quantitative estimate of drug-likeness (QED) is 0.261. The van der Waals surface area contributed by atoms with Gasteiger partial charge in [-0.3, -0.25) is 4.79 Å². The molecule has 2 rings (SSSR count). The highest BCUT2D eigenvalue weighted by atomic mass is 32.2. The summed E-state index contributed by atoms with van der Waals surface area (Å²) in [7, 11) is -0.602. The Kier molecular flexibility index (Phi) is 9.07. The molecule has 0 spiro atoms. The van der Waals surface area contributed by atoms with Crippen LogP contribution in [0.4, 0.5) is 0 Å². The topological polar surface area (TPSA) is 144 Å². The highest BCUT2D eigenvalue weighted by Gasteiger charge is 2.10. The normalized spacial score (nSPS) is 11.4. The average Bonchev–Trinajstić information content (AvgIpc) is 2.78. The third-order valence-corrected chi connectivity index (χ3v) is 5.50. The molecule has 32 heavy (non-hydrogen) atoms. The molecule has 10 heteroatoms. The van der Waals surface area contributed by atoms with Crippen molar-refractivity contribution in [2.24, 2.45) is 5.14 Å². The maximum atomic E-state index is 12.2. The van der Waals surface area contributed by atoms with Crippen LogP contribution in [0.2, 0.25) is 0 Å². The molecule has 0 bridgehead atoms. The van der Waals surface area contributed by atoms with Crippen LogP contribution >= 0.6 is 0 Å². The second-order valence-electron chi connectivity index (χ2n) is 6.76. The molecule has 4 N–H and O–H groups in total. The first-order valence-electron chi connectivity index (χ1n) is 9.73. The van der Waals surface area contributed by atoms with Crippen molar-refractivity contribution in [1.29, 1.82) is 5.26 Å². The van der Waals surface area contributed by atoms with Gasteiger partial charge in [-0.05, 0) is 48.2 Å². The van der Waals surface area contributed by atoms with Gasteiger partial charge in [0, 0.05) is 19.3 Å². The maximum absolute atomic E-state index is 12.2. The Morgan fingerprint density at radius 3 is 2.25 bits per heavy atom. The number of nitrogens with one attached hydrogen (secondary N) is 2. The first-order valence-corrected chi connectivity index (χ1v) is 11.3. The fourth-order valence-electron chi connectivity index (χ4n) is 2.84. The van der Waals surface area contributed by atoms with Gasteiger partial charge in [0.25, 0.3) is 5.91 Å². The number of amides is 1. The molecule has 1 amide bonds. The summed E-state index contributed by atoms with van der Waals surface area (Å²) in [6.45, 7) is 0.808. The molecule has 0 aliphatic carbocycles. The Morgan fingerprint density at radius 1 is 1.03 bits per heavy atom. The van der Waals surface area contributed by atoms with E-state index >= 15 is 0 Å². The molecular weight excluding hydrogens is 432 g/mol. The minimum absolute atomic E-state index is 0.0399. The van der Waals surface area contributed by atoms with Crippen LogP contribution in [-0.2, 0) is 27.7 Å². The monoisotopic (exact) mass is 458 g/mol. The van der Waals surface area contributed by atoms with Crippen LogP contribution in [0, 0.1) is 11.3 Å². The summed E-state index contributed by atoms with van der Waals surface area (Å²) in [6.07, 6.45) is 2.50. The van der Waals surface area contributed by atoms with Crippen molar-refractivity contribution in [2.75, 3.05) is 27.3 Å². The van der Waals surface area contributed by atoms with Gasteiger partial charge >= 0.3 is 0 Å². The SMILES string of the molecule is COc1ccc(CCNC(=O)/C(C#N)=C\NCCc2ccc(S(N)(=O)=O)cc2)cc1OC. The van der Waals surface area contributed by atoms with Gasteiger partial charge < -0.3 is 20.1 Å². The highest BCUT2D eigenvalue weighted by molar-refractivity contribution is 7.89. The lowest BCUT2D eigenvalue weighted by molar-refractivity contribution is -0.117. The summed E-state index contributed by atoms with van der Waals surface area (Å²) < 4.78 is 33.0. The lowest BCUT2D eigenvalue weighted by atomic mass is 10.1. The number of nitrogens with zero attached hydrogens (tertiary/aromatic N) is 1. The molecule has 0 aliphatic heterocycles. The number of sulfonamides is 1. The van der Waals surface area contributed by atoms with Crippen LogP contribution in [0.5, 0.6) is 11.5 Å². The molecule has 2 aromatic carbocycles. The lowest BCUT2D eigenvalue weighted by Gasteiger charge is -2.10. The number of carbonyl (C=O) groups excluding carboxylic acids is 1. The number of nitriles is 1. The van der Waals surface area contributed by atoms with Crippen molar-refractivity contribution in [1.82, 2.24) is 10.6 Å². The average molecular weight is 459 g/mol. The molecule has 0 radical (unpaired) electrons. The third kappa shape index (κ3) is 7.30. The zero-order valence-electron chi connectivity index (χ0n) is 17.9. The van der Waals surface area contributed by atoms with Gasteiger partial charge in [0.05, 0.1) is 19.1 Å². The standard InChI is InChI=1S/C22H26N4O5S/c1-30-20-8-5-17(13-21(20)31-2)10-12-26-22(27)18(14-23)15-25-11-9-16-3-6-19(7-4-16)32(24,28)29/h3-8,13,15,25H,9-12H2,1-2H3,(H,26,27)(H2,24,28,29)/b18-15-. The number of benzene rings is 2. The van der Waals surface area contributed by atoms with E-state index in [1.165, 1.54) is 18.3 Å². The summed E-state index contributed by atoms with van der Waals surface area (Å²) in [4.78, 5) is 12.3. The van der Waals surface area contributed by atoms with E-state index in [0.717, 1.165) is 11.1 Å². The molecular formula is C22H26N4O5S. The van der Waals surface area contributed by atoms with Crippen molar-refractivity contribution in [3.05, 3.63) is 65.4 Å². The first kappa shape index (κ1) is 24.7. The van der Waals surface area contributed by atoms with Gasteiger partial charge in [0.2, 0.25) is 10.0 Å². The van der Waals surface area contributed by atoms with Gasteiger partial charge in [0.15, 0.2) is 11.5 Å². The predicted octanol–water partition coefficient (Wildman–Crippen LogP) is 1.25. The summed E-state index contributed by atoms with van der Waals surface area (Å²) in [5.41, 5.74) is 1.80. The van der Waals surface area contributed by atoms with Crippen molar-refractivity contribution < 1.29 is 22.7 Å². The molecule has 0 aromatic heterocycles. The number of rotatable bonds is 11. The van der Waals surface area contributed by atoms with Crippen molar-refractivity contribution in [3.63, 3.8) is 0 Å². The Balaban J connectivity index is 1.81. The Labute approximate surface area is 187 Å². The van der Waals surface area contributed by atoms with Gasteiger partial charge in [0.1, 0.15) is 11.6 Å². The summed E-state index contributed by atoms with van der Waals surface area (Å²) in [5, 5.41) is 20.0. The summed E-state index contributed by atoms with van der Waals surface area (Å²) >= 11 is 0. The van der Waals surface area contributed by atoms with Crippen molar-refractivity contribution >= 4 is 15.9 Å². The second kappa shape index (κ2) is 11.7. The first-order chi connectivity index (χ1) is 15.3. The van der Waals surface area contributed by atoms with E-state index in [9.17, 15) is 18.5 Å². The number of ether oxygens (including phenoxy) is 2. The molecule has 0 unspecified atom stereocenters. The van der Waals surface area contributed by atoms with Gasteiger partial charge in [-0.15, -0.1) is 0 Å². The van der Waals surface area contributed by atoms with Gasteiger partial charge in [-0.25, -0.2) is 13.6 Å². The summed E-state index contributed by atoms with van der Waals surface area (Å²) in [6, 6.07) is 13.6. The lowest BCUT2D eigenvalue weighted by Crippen LogP contribution is -2.28. The van der Waals surface area contributed by atoms with Crippen LogP contribution in [0.15, 0.2) is 59.1 Å². The minimum Gasteiger partial charge on any atom is -0.493 e. The maximum Gasteiger partial charge on any atom is 0.263 e. The Morgan fingerprint density at radius 2 is 1.66 bits per heavy atom. The minimum atomic E-state index is -3.72. The van der Waals surface area contributed by atoms with E-state index in [2.05, 4.69) is 10.6 Å². The van der Waals surface area contributed by atoms with E-state index in [1.807, 2.05) is 18.2 Å². The van der Waals surface area contributed by atoms with Crippen molar-refractivity contribution in [3.8, 4) is 17.6 Å². The third-order valence-electron chi connectivity index (χ3n) is 4.57. The zero-order chi connectivity index (χ0) is 23.6. The number of nitrogens with two attached hydrogens (primary N) is 1. The smallest absolute Gasteiger partial charge is 0.263 e. The molecule has 0 aliphatic rings. The zero-order valence-corrected chi connectivity index (χ0v) is 18.7. The molecule has 0 saturated heterocycles. The predicted molar refractivity (Wildman–Crippen MR) is 119 cm³/mol. The number of methoxy groups -OCH3 is 2. The van der Waals surface area contributed by atoms with E-state index in [0.29, 0.717) is 37.4 Å². The van der Waals surface area contributed by atoms with E-state index in [4.69, 9.17) is 14.6 Å². The highest BCUT2D eigenvalue weighted by Crippen LogP contribution is 2.27. The van der Waals surface area contributed by atoms with E-state index in [-0.39, 0.29) is 10.5 Å². The van der Waals surface area contributed by atoms with Crippen molar-refractivity contribution in [2.45, 2.75) is 17.7 Å². The molecule has 170 valence electrons. The molecule has 2 aromatic rings. The largest absolute Gasteiger partial charge is 0.493 e. The van der Waals surface area contributed by atoms with Gasteiger partial charge in [-0.2, -0.15) is 5.26 Å². The molecule has 0 saturated carbocycles. The Bertz CT molecular complexity index is 1110. The second-order valence-corrected chi connectivity index (χ2v) is 8.32. The van der Waals surface area contributed by atoms with E-state index in [1.54, 1.807) is 32.4 Å². The fourth-order valence-corrected chi connectivity index (χ4v) is 3.35. The molecule has 0 fully saturated rings. The molecule has 9 nitrogen and oxygen atoms in total. The number of hydrogen-bond acceptors (Lipinski definition) is 7. The van der Waals surface area contributed by atoms with E-state index < -0.39 is 15.9 Å². The fraction of sp³-hybridized carbons (Fsp3) is 0.273. The number of primary sulfonamides is 1.